The van der Waals surface area contributed by atoms with Crippen molar-refractivity contribution in [1.82, 2.24) is 4.98 Å². The van der Waals surface area contributed by atoms with Gasteiger partial charge in [0.25, 0.3) is 0 Å². The van der Waals surface area contributed by atoms with Crippen molar-refractivity contribution in [2.24, 2.45) is 0 Å². The first-order valence-corrected chi connectivity index (χ1v) is 6.06. The molecule has 2 rings (SSSR count). The third kappa shape index (κ3) is 2.29. The summed E-state index contributed by atoms with van der Waals surface area (Å²) in [5.74, 6) is 0. The van der Waals surface area contributed by atoms with Crippen molar-refractivity contribution in [3.63, 3.8) is 0 Å². The Labute approximate surface area is 99.2 Å². The Morgan fingerprint density at radius 2 is 2.19 bits per heavy atom. The van der Waals surface area contributed by atoms with Crippen LogP contribution < -0.4 is 0 Å². The van der Waals surface area contributed by atoms with Crippen LogP contribution in [0.5, 0.6) is 0 Å². The fraction of sp³-hybridized carbons (Fsp3) is 0.231. The molecular formula is C13H12N2S. The second kappa shape index (κ2) is 4.91. The first-order valence-electron chi connectivity index (χ1n) is 5.18. The minimum Gasteiger partial charge on any atom is -0.241 e. The molecule has 1 heterocycles. The van der Waals surface area contributed by atoms with Crippen molar-refractivity contribution in [2.45, 2.75) is 19.8 Å². The average Bonchev–Trinajstić information content (AvgIpc) is 2.75. The van der Waals surface area contributed by atoms with Crippen LogP contribution in [0, 0.1) is 18.3 Å². The van der Waals surface area contributed by atoms with E-state index in [4.69, 9.17) is 5.26 Å². The van der Waals surface area contributed by atoms with E-state index in [1.165, 1.54) is 11.1 Å². The van der Waals surface area contributed by atoms with E-state index in [9.17, 15) is 0 Å². The molecular weight excluding hydrogens is 216 g/mol. The van der Waals surface area contributed by atoms with E-state index in [2.05, 4.69) is 35.5 Å². The number of aromatic nitrogens is 1. The van der Waals surface area contributed by atoms with Gasteiger partial charge in [-0.05, 0) is 12.5 Å². The van der Waals surface area contributed by atoms with Gasteiger partial charge in [-0.1, -0.05) is 24.3 Å². The zero-order chi connectivity index (χ0) is 11.4. The molecule has 0 saturated carbocycles. The molecule has 1 aromatic heterocycles. The lowest BCUT2D eigenvalue weighted by Crippen LogP contribution is -1.85. The highest BCUT2D eigenvalue weighted by Gasteiger charge is 2.06. The third-order valence-electron chi connectivity index (χ3n) is 2.42. The Morgan fingerprint density at radius 3 is 2.94 bits per heavy atom. The van der Waals surface area contributed by atoms with Crippen molar-refractivity contribution < 1.29 is 0 Å². The molecule has 0 radical (unpaired) electrons. The number of thiazole rings is 1. The molecule has 0 spiro atoms. The molecule has 0 aliphatic carbocycles. The Balaban J connectivity index is 2.26. The lowest BCUT2D eigenvalue weighted by Gasteiger charge is -2.00. The van der Waals surface area contributed by atoms with Gasteiger partial charge in [-0.2, -0.15) is 5.26 Å². The van der Waals surface area contributed by atoms with Crippen LogP contribution in [0.2, 0.25) is 0 Å². The highest BCUT2D eigenvalue weighted by atomic mass is 32.1. The van der Waals surface area contributed by atoms with Gasteiger partial charge in [-0.15, -0.1) is 11.3 Å². The summed E-state index contributed by atoms with van der Waals surface area (Å²) in [5, 5.41) is 11.6. The molecule has 0 saturated heterocycles. The molecule has 0 N–H and O–H groups in total. The van der Waals surface area contributed by atoms with Gasteiger partial charge >= 0.3 is 0 Å². The smallest absolute Gasteiger partial charge is 0.0942 e. The Morgan fingerprint density at radius 1 is 1.38 bits per heavy atom. The maximum atomic E-state index is 8.52. The second-order valence-electron chi connectivity index (χ2n) is 3.60. The highest BCUT2D eigenvalue weighted by Crippen LogP contribution is 2.25. The lowest BCUT2D eigenvalue weighted by molar-refractivity contribution is 0.990. The third-order valence-corrected chi connectivity index (χ3v) is 3.33. The van der Waals surface area contributed by atoms with E-state index in [0.717, 1.165) is 17.1 Å². The summed E-state index contributed by atoms with van der Waals surface area (Å²) in [6, 6.07) is 10.4. The summed E-state index contributed by atoms with van der Waals surface area (Å²) >= 11 is 1.63. The molecule has 2 aromatic rings. The lowest BCUT2D eigenvalue weighted by atomic mass is 10.1. The SMILES string of the molecule is Cc1ccccc1-c1csc(CCC#N)n1. The molecule has 3 heteroatoms. The summed E-state index contributed by atoms with van der Waals surface area (Å²) < 4.78 is 0. The van der Waals surface area contributed by atoms with Gasteiger partial charge in [0.2, 0.25) is 0 Å². The summed E-state index contributed by atoms with van der Waals surface area (Å²) in [7, 11) is 0. The molecule has 0 bridgehead atoms. The number of benzene rings is 1. The number of hydrogen-bond donors (Lipinski definition) is 0. The minimum absolute atomic E-state index is 0.542. The molecule has 0 aliphatic heterocycles. The van der Waals surface area contributed by atoms with E-state index in [0.29, 0.717) is 6.42 Å². The van der Waals surface area contributed by atoms with Crippen LogP contribution in [-0.2, 0) is 6.42 Å². The topological polar surface area (TPSA) is 36.7 Å². The Bertz CT molecular complexity index is 523. The average molecular weight is 228 g/mol. The maximum absolute atomic E-state index is 8.52. The van der Waals surface area contributed by atoms with Gasteiger partial charge < -0.3 is 0 Å². The summed E-state index contributed by atoms with van der Waals surface area (Å²) in [6.07, 6.45) is 1.30. The zero-order valence-electron chi connectivity index (χ0n) is 9.10. The van der Waals surface area contributed by atoms with Crippen molar-refractivity contribution in [1.29, 1.82) is 5.26 Å². The van der Waals surface area contributed by atoms with Gasteiger partial charge in [0, 0.05) is 23.8 Å². The van der Waals surface area contributed by atoms with Gasteiger partial charge in [0.1, 0.15) is 0 Å². The van der Waals surface area contributed by atoms with Crippen molar-refractivity contribution in [3.05, 3.63) is 40.2 Å². The van der Waals surface area contributed by atoms with Gasteiger partial charge in [-0.25, -0.2) is 4.98 Å². The summed E-state index contributed by atoms with van der Waals surface area (Å²) in [6.45, 7) is 2.09. The molecule has 0 aliphatic rings. The van der Waals surface area contributed by atoms with Gasteiger partial charge in [0.05, 0.1) is 16.8 Å². The second-order valence-corrected chi connectivity index (χ2v) is 4.54. The molecule has 0 fully saturated rings. The highest BCUT2D eigenvalue weighted by molar-refractivity contribution is 7.09. The largest absolute Gasteiger partial charge is 0.241 e. The number of aryl methyl sites for hydroxylation is 2. The number of rotatable bonds is 3. The van der Waals surface area contributed by atoms with E-state index < -0.39 is 0 Å². The number of nitrogens with zero attached hydrogens (tertiary/aromatic N) is 2. The van der Waals surface area contributed by atoms with Crippen LogP contribution in [0.4, 0.5) is 0 Å². The maximum Gasteiger partial charge on any atom is 0.0942 e. The molecule has 1 aromatic carbocycles. The monoisotopic (exact) mass is 228 g/mol. The number of nitriles is 1. The van der Waals surface area contributed by atoms with E-state index in [1.807, 2.05) is 12.1 Å². The van der Waals surface area contributed by atoms with Gasteiger partial charge in [-0.3, -0.25) is 0 Å². The molecule has 2 nitrogen and oxygen atoms in total. The Kier molecular flexibility index (Phi) is 3.33. The van der Waals surface area contributed by atoms with Crippen LogP contribution in [-0.4, -0.2) is 4.98 Å². The zero-order valence-corrected chi connectivity index (χ0v) is 9.92. The standard InChI is InChI=1S/C13H12N2S/c1-10-5-2-3-6-11(10)12-9-16-13(15-12)7-4-8-14/h2-3,5-6,9H,4,7H2,1H3. The number of hydrogen-bond acceptors (Lipinski definition) is 3. The van der Waals surface area contributed by atoms with Crippen molar-refractivity contribution >= 4 is 11.3 Å². The molecule has 0 amide bonds. The molecule has 16 heavy (non-hydrogen) atoms. The quantitative estimate of drug-likeness (QED) is 0.805. The normalized spacial score (nSPS) is 10.0. The van der Waals surface area contributed by atoms with Crippen LogP contribution >= 0.6 is 11.3 Å². The first kappa shape index (κ1) is 10.8. The van der Waals surface area contributed by atoms with Crippen molar-refractivity contribution in [3.8, 4) is 17.3 Å². The minimum atomic E-state index is 0.542. The van der Waals surface area contributed by atoms with E-state index in [1.54, 1.807) is 11.3 Å². The molecule has 80 valence electrons. The van der Waals surface area contributed by atoms with Gasteiger partial charge in [0.15, 0.2) is 0 Å². The fourth-order valence-electron chi connectivity index (χ4n) is 1.57. The van der Waals surface area contributed by atoms with Crippen LogP contribution in [0.25, 0.3) is 11.3 Å². The van der Waals surface area contributed by atoms with Crippen molar-refractivity contribution in [2.75, 3.05) is 0 Å². The van der Waals surface area contributed by atoms with Crippen LogP contribution in [0.3, 0.4) is 0 Å². The summed E-state index contributed by atoms with van der Waals surface area (Å²) in [5.41, 5.74) is 3.44. The predicted molar refractivity (Wildman–Crippen MR) is 66.2 cm³/mol. The fourth-order valence-corrected chi connectivity index (χ4v) is 2.37. The predicted octanol–water partition coefficient (Wildman–Crippen LogP) is 3.57. The molecule has 0 unspecified atom stereocenters. The molecule has 0 atom stereocenters. The summed E-state index contributed by atoms with van der Waals surface area (Å²) in [4.78, 5) is 4.55. The van der Waals surface area contributed by atoms with Crippen LogP contribution in [0.15, 0.2) is 29.6 Å². The first-order chi connectivity index (χ1) is 7.81. The van der Waals surface area contributed by atoms with E-state index >= 15 is 0 Å². The Hall–Kier alpha value is -1.66. The van der Waals surface area contributed by atoms with E-state index in [-0.39, 0.29) is 0 Å². The van der Waals surface area contributed by atoms with Crippen LogP contribution in [0.1, 0.15) is 17.0 Å².